The smallest absolute Gasteiger partial charge is 0.200 e. The lowest BCUT2D eigenvalue weighted by molar-refractivity contribution is 1.15. The maximum atomic E-state index is 4.47. The third-order valence-corrected chi connectivity index (χ3v) is 2.27. The summed E-state index contributed by atoms with van der Waals surface area (Å²) >= 11 is 0. The summed E-state index contributed by atoms with van der Waals surface area (Å²) in [5.74, 6) is 0.724. The van der Waals surface area contributed by atoms with E-state index in [-0.39, 0.29) is 0 Å². The fourth-order valence-corrected chi connectivity index (χ4v) is 1.44. The predicted octanol–water partition coefficient (Wildman–Crippen LogP) is 3.01. The standard InChI is InChI=1S/C14H15N3/c1-15-14(16-12-8-4-2-5-9-12)17-13-10-6-3-7-11-13/h2-11H,1H3,(H2,15,16,17). The number of guanidine groups is 1. The van der Waals surface area contributed by atoms with Crippen LogP contribution in [0.2, 0.25) is 0 Å². The third-order valence-electron chi connectivity index (χ3n) is 2.27. The Labute approximate surface area is 101 Å². The van der Waals surface area contributed by atoms with Crippen LogP contribution >= 0.6 is 0 Å². The molecule has 0 aliphatic heterocycles. The zero-order valence-corrected chi connectivity index (χ0v) is 9.72. The van der Waals surface area contributed by atoms with Gasteiger partial charge in [0.25, 0.3) is 0 Å². The van der Waals surface area contributed by atoms with Crippen LogP contribution in [0.4, 0.5) is 11.4 Å². The van der Waals surface area contributed by atoms with Gasteiger partial charge in [-0.2, -0.15) is 0 Å². The van der Waals surface area contributed by atoms with E-state index in [0.29, 0.717) is 0 Å². The molecule has 0 atom stereocenters. The molecule has 0 saturated heterocycles. The largest absolute Gasteiger partial charge is 0.359 e. The van der Waals surface area contributed by atoms with Crippen molar-refractivity contribution < 1.29 is 0 Å². The topological polar surface area (TPSA) is 36.4 Å². The van der Waals surface area contributed by atoms with Gasteiger partial charge in [-0.3, -0.25) is 0 Å². The molecule has 2 N–H and O–H groups in total. The van der Waals surface area contributed by atoms with E-state index in [9.17, 15) is 0 Å². The van der Waals surface area contributed by atoms with E-state index in [1.165, 1.54) is 0 Å². The maximum Gasteiger partial charge on any atom is 0.200 e. The molecule has 0 spiro atoms. The molecule has 2 aromatic rings. The normalized spacial score (nSPS) is 11.0. The highest BCUT2D eigenvalue weighted by molar-refractivity contribution is 5.95. The number of nitrogens with one attached hydrogen (secondary N) is 2. The Morgan fingerprint density at radius 3 is 2.06 bits per heavy atom. The number of anilines is 1. The number of benzene rings is 2. The fraction of sp³-hybridized carbons (Fsp3) is 0.0714. The molecule has 0 aromatic heterocycles. The van der Waals surface area contributed by atoms with Crippen LogP contribution < -0.4 is 10.6 Å². The van der Waals surface area contributed by atoms with Gasteiger partial charge in [-0.1, -0.05) is 36.4 Å². The van der Waals surface area contributed by atoms with Crippen LogP contribution in [0.3, 0.4) is 0 Å². The molecule has 17 heavy (non-hydrogen) atoms. The summed E-state index contributed by atoms with van der Waals surface area (Å²) in [7, 11) is 1.84. The zero-order chi connectivity index (χ0) is 11.9. The minimum atomic E-state index is 0.724. The van der Waals surface area contributed by atoms with Gasteiger partial charge in [0.1, 0.15) is 0 Å². The van der Waals surface area contributed by atoms with Crippen LogP contribution in [-0.4, -0.2) is 13.0 Å². The van der Waals surface area contributed by atoms with Crippen molar-refractivity contribution in [2.45, 2.75) is 0 Å². The van der Waals surface area contributed by atoms with Crippen LogP contribution in [0.25, 0.3) is 0 Å². The number of hydrogen-bond donors (Lipinski definition) is 2. The Bertz CT molecular complexity index is 477. The van der Waals surface area contributed by atoms with Crippen molar-refractivity contribution in [3.05, 3.63) is 60.7 Å². The molecule has 0 bridgehead atoms. The second-order valence-corrected chi connectivity index (χ2v) is 3.54. The molecule has 0 unspecified atom stereocenters. The Kier molecular flexibility index (Phi) is 3.76. The number of nitrogens with zero attached hydrogens (tertiary/aromatic N) is 1. The number of hydrogen-bond acceptors (Lipinski definition) is 1. The van der Waals surface area contributed by atoms with Gasteiger partial charge in [-0.05, 0) is 24.3 Å². The summed E-state index contributed by atoms with van der Waals surface area (Å²) < 4.78 is 0. The SMILES string of the molecule is CNC(=Nc1ccccc1)Nc1ccccc1. The van der Waals surface area contributed by atoms with E-state index in [1.807, 2.05) is 67.7 Å². The first-order valence-electron chi connectivity index (χ1n) is 5.52. The molecule has 0 heterocycles. The van der Waals surface area contributed by atoms with Crippen molar-refractivity contribution in [2.75, 3.05) is 12.4 Å². The quantitative estimate of drug-likeness (QED) is 0.609. The molecule has 3 nitrogen and oxygen atoms in total. The van der Waals surface area contributed by atoms with Gasteiger partial charge in [0, 0.05) is 12.7 Å². The highest BCUT2D eigenvalue weighted by Crippen LogP contribution is 2.11. The molecule has 0 radical (unpaired) electrons. The summed E-state index contributed by atoms with van der Waals surface area (Å²) in [5.41, 5.74) is 1.93. The van der Waals surface area contributed by atoms with Crippen LogP contribution in [0, 0.1) is 0 Å². The Hall–Kier alpha value is -2.29. The van der Waals surface area contributed by atoms with Crippen LogP contribution in [0.15, 0.2) is 65.7 Å². The lowest BCUT2D eigenvalue weighted by Crippen LogP contribution is -2.26. The highest BCUT2D eigenvalue weighted by atomic mass is 15.2. The van der Waals surface area contributed by atoms with E-state index in [1.54, 1.807) is 0 Å². The fourth-order valence-electron chi connectivity index (χ4n) is 1.44. The molecule has 0 aliphatic carbocycles. The number of para-hydroxylation sites is 2. The van der Waals surface area contributed by atoms with Gasteiger partial charge in [0.2, 0.25) is 5.96 Å². The van der Waals surface area contributed by atoms with E-state index in [2.05, 4.69) is 15.6 Å². The summed E-state index contributed by atoms with van der Waals surface area (Å²) in [5, 5.41) is 6.25. The molecular weight excluding hydrogens is 210 g/mol. The van der Waals surface area contributed by atoms with Crippen molar-refractivity contribution >= 4 is 17.3 Å². The van der Waals surface area contributed by atoms with Crippen LogP contribution in [-0.2, 0) is 0 Å². The number of aliphatic imine (C=N–C) groups is 1. The van der Waals surface area contributed by atoms with Crippen LogP contribution in [0.1, 0.15) is 0 Å². The second kappa shape index (κ2) is 5.70. The van der Waals surface area contributed by atoms with E-state index >= 15 is 0 Å². The molecule has 0 saturated carbocycles. The van der Waals surface area contributed by atoms with E-state index in [4.69, 9.17) is 0 Å². The first-order chi connectivity index (χ1) is 8.38. The minimum absolute atomic E-state index is 0.724. The number of rotatable bonds is 2. The molecule has 0 fully saturated rings. The van der Waals surface area contributed by atoms with Crippen molar-refractivity contribution in [3.8, 4) is 0 Å². The van der Waals surface area contributed by atoms with Gasteiger partial charge in [0.15, 0.2) is 0 Å². The second-order valence-electron chi connectivity index (χ2n) is 3.54. The molecular formula is C14H15N3. The van der Waals surface area contributed by atoms with Gasteiger partial charge in [-0.15, -0.1) is 0 Å². The molecule has 0 amide bonds. The Morgan fingerprint density at radius 2 is 1.47 bits per heavy atom. The minimum Gasteiger partial charge on any atom is -0.359 e. The van der Waals surface area contributed by atoms with Crippen LogP contribution in [0.5, 0.6) is 0 Å². The molecule has 3 heteroatoms. The third kappa shape index (κ3) is 3.34. The zero-order valence-electron chi connectivity index (χ0n) is 9.72. The van der Waals surface area contributed by atoms with Gasteiger partial charge >= 0.3 is 0 Å². The van der Waals surface area contributed by atoms with E-state index in [0.717, 1.165) is 17.3 Å². The van der Waals surface area contributed by atoms with E-state index < -0.39 is 0 Å². The van der Waals surface area contributed by atoms with Crippen molar-refractivity contribution in [3.63, 3.8) is 0 Å². The highest BCUT2D eigenvalue weighted by Gasteiger charge is 1.96. The monoisotopic (exact) mass is 225 g/mol. The van der Waals surface area contributed by atoms with Gasteiger partial charge in [0.05, 0.1) is 5.69 Å². The van der Waals surface area contributed by atoms with Gasteiger partial charge in [-0.25, -0.2) is 4.99 Å². The summed E-state index contributed by atoms with van der Waals surface area (Å²) in [6.07, 6.45) is 0. The Balaban J connectivity index is 2.15. The average Bonchev–Trinajstić information content (AvgIpc) is 2.40. The molecule has 2 aromatic carbocycles. The van der Waals surface area contributed by atoms with Gasteiger partial charge < -0.3 is 10.6 Å². The van der Waals surface area contributed by atoms with Crippen molar-refractivity contribution in [2.24, 2.45) is 4.99 Å². The average molecular weight is 225 g/mol. The lowest BCUT2D eigenvalue weighted by Gasteiger charge is -2.08. The molecule has 2 rings (SSSR count). The first-order valence-corrected chi connectivity index (χ1v) is 5.52. The molecule has 0 aliphatic rings. The van der Waals surface area contributed by atoms with Crippen molar-refractivity contribution in [1.82, 2.24) is 5.32 Å². The maximum absolute atomic E-state index is 4.47. The lowest BCUT2D eigenvalue weighted by atomic mass is 10.3. The summed E-state index contributed by atoms with van der Waals surface area (Å²) in [4.78, 5) is 4.47. The first kappa shape index (κ1) is 11.2. The Morgan fingerprint density at radius 1 is 0.882 bits per heavy atom. The summed E-state index contributed by atoms with van der Waals surface area (Å²) in [6.45, 7) is 0. The van der Waals surface area contributed by atoms with Crippen molar-refractivity contribution in [1.29, 1.82) is 0 Å². The predicted molar refractivity (Wildman–Crippen MR) is 72.7 cm³/mol. The molecule has 86 valence electrons. The summed E-state index contributed by atoms with van der Waals surface area (Å²) in [6, 6.07) is 19.8.